The Kier molecular flexibility index (Phi) is 4.51. The van der Waals surface area contributed by atoms with Crippen molar-refractivity contribution in [2.24, 2.45) is 0 Å². The minimum Gasteiger partial charge on any atom is -0.487 e. The van der Waals surface area contributed by atoms with Crippen molar-refractivity contribution in [3.63, 3.8) is 0 Å². The van der Waals surface area contributed by atoms with E-state index in [2.05, 4.69) is 30.4 Å². The zero-order valence-corrected chi connectivity index (χ0v) is 17.0. The van der Waals surface area contributed by atoms with Crippen LogP contribution in [0.2, 0.25) is 0 Å². The number of H-pyrrole nitrogens is 2. The maximum absolute atomic E-state index is 14.7. The SMILES string of the molecule is Cc1[nH]ncc1O[C@@H]1CC[C@H](c2cc(Nc3ccc4c(c3F)CNS4(=O)=O)n[nH]2)C1. The predicted octanol–water partition coefficient (Wildman–Crippen LogP) is 2.83. The van der Waals surface area contributed by atoms with E-state index in [1.165, 1.54) is 12.1 Å². The van der Waals surface area contributed by atoms with Crippen LogP contribution in [0.1, 0.15) is 42.1 Å². The fourth-order valence-corrected chi connectivity index (χ4v) is 5.30. The van der Waals surface area contributed by atoms with Crippen LogP contribution in [0.5, 0.6) is 5.75 Å². The van der Waals surface area contributed by atoms with E-state index in [0.29, 0.717) is 5.82 Å². The molecule has 2 aliphatic rings. The van der Waals surface area contributed by atoms with E-state index in [1.54, 1.807) is 6.20 Å². The third-order valence-electron chi connectivity index (χ3n) is 5.69. The highest BCUT2D eigenvalue weighted by atomic mass is 32.2. The van der Waals surface area contributed by atoms with Gasteiger partial charge < -0.3 is 10.1 Å². The number of ether oxygens (including phenoxy) is 1. The Bertz CT molecular complexity index is 1200. The van der Waals surface area contributed by atoms with Crippen molar-refractivity contribution in [2.45, 2.75) is 49.6 Å². The molecule has 1 fully saturated rings. The summed E-state index contributed by atoms with van der Waals surface area (Å²) in [4.78, 5) is -0.0156. The summed E-state index contributed by atoms with van der Waals surface area (Å²) in [6, 6.07) is 4.68. The molecule has 1 saturated carbocycles. The smallest absolute Gasteiger partial charge is 0.241 e. The number of hydrogen-bond donors (Lipinski definition) is 4. The number of aromatic nitrogens is 4. The monoisotopic (exact) mass is 432 g/mol. The van der Waals surface area contributed by atoms with Gasteiger partial charge in [-0.15, -0.1) is 0 Å². The van der Waals surface area contributed by atoms with Crippen molar-refractivity contribution >= 4 is 21.5 Å². The molecule has 3 aromatic rings. The lowest BCUT2D eigenvalue weighted by Crippen LogP contribution is -2.13. The van der Waals surface area contributed by atoms with E-state index in [4.69, 9.17) is 4.74 Å². The highest BCUT2D eigenvalue weighted by Crippen LogP contribution is 2.37. The summed E-state index contributed by atoms with van der Waals surface area (Å²) in [7, 11) is -3.61. The van der Waals surface area contributed by atoms with E-state index >= 15 is 0 Å². The Labute approximate surface area is 172 Å². The second kappa shape index (κ2) is 7.10. The van der Waals surface area contributed by atoms with Gasteiger partial charge in [0, 0.05) is 29.8 Å². The molecule has 1 aliphatic carbocycles. The first-order valence-corrected chi connectivity index (χ1v) is 11.2. The van der Waals surface area contributed by atoms with Gasteiger partial charge in [0.1, 0.15) is 0 Å². The first kappa shape index (κ1) is 19.1. The molecule has 30 heavy (non-hydrogen) atoms. The summed E-state index contributed by atoms with van der Waals surface area (Å²) in [5, 5.41) is 17.1. The van der Waals surface area contributed by atoms with Crippen LogP contribution in [0.25, 0.3) is 0 Å². The number of hydrogen-bond acceptors (Lipinski definition) is 6. The molecule has 0 amide bonds. The maximum Gasteiger partial charge on any atom is 0.241 e. The van der Waals surface area contributed by atoms with Gasteiger partial charge in [0.15, 0.2) is 17.4 Å². The van der Waals surface area contributed by atoms with Gasteiger partial charge in [-0.1, -0.05) is 0 Å². The van der Waals surface area contributed by atoms with Gasteiger partial charge in [0.05, 0.1) is 28.6 Å². The molecule has 4 N–H and O–H groups in total. The summed E-state index contributed by atoms with van der Waals surface area (Å²) >= 11 is 0. The van der Waals surface area contributed by atoms with Crippen molar-refractivity contribution in [1.29, 1.82) is 0 Å². The summed E-state index contributed by atoms with van der Waals surface area (Å²) in [6.07, 6.45) is 4.53. The van der Waals surface area contributed by atoms with E-state index in [-0.39, 0.29) is 34.7 Å². The minimum atomic E-state index is -3.61. The Morgan fingerprint density at radius 3 is 2.93 bits per heavy atom. The number of nitrogens with zero attached hydrogens (tertiary/aromatic N) is 2. The Morgan fingerprint density at radius 1 is 1.27 bits per heavy atom. The molecule has 2 aromatic heterocycles. The molecule has 5 rings (SSSR count). The lowest BCUT2D eigenvalue weighted by molar-refractivity contribution is 0.206. The van der Waals surface area contributed by atoms with E-state index in [1.807, 2.05) is 13.0 Å². The number of halogens is 1. The topological polar surface area (TPSA) is 125 Å². The van der Waals surface area contributed by atoms with Crippen LogP contribution in [0.15, 0.2) is 29.3 Å². The number of nitrogens with one attached hydrogen (secondary N) is 4. The number of sulfonamides is 1. The average Bonchev–Trinajstić information content (AvgIpc) is 3.48. The molecule has 3 heterocycles. The number of rotatable bonds is 5. The fraction of sp³-hybridized carbons (Fsp3) is 0.368. The van der Waals surface area contributed by atoms with Gasteiger partial charge in [-0.05, 0) is 38.3 Å². The Balaban J connectivity index is 1.27. The second-order valence-electron chi connectivity index (χ2n) is 7.67. The number of benzene rings is 1. The quantitative estimate of drug-likeness (QED) is 0.491. The first-order chi connectivity index (χ1) is 14.4. The summed E-state index contributed by atoms with van der Waals surface area (Å²) in [5.74, 6) is 0.934. The van der Waals surface area contributed by atoms with Crippen LogP contribution in [0, 0.1) is 12.7 Å². The third-order valence-corrected chi connectivity index (χ3v) is 7.18. The molecule has 0 unspecified atom stereocenters. The normalized spacial score (nSPS) is 22.2. The minimum absolute atomic E-state index is 0.0156. The van der Waals surface area contributed by atoms with Crippen LogP contribution >= 0.6 is 0 Å². The Morgan fingerprint density at radius 2 is 2.13 bits per heavy atom. The van der Waals surface area contributed by atoms with Crippen molar-refractivity contribution in [3.05, 3.63) is 47.2 Å². The van der Waals surface area contributed by atoms with Gasteiger partial charge in [0.2, 0.25) is 10.0 Å². The largest absolute Gasteiger partial charge is 0.487 e. The summed E-state index contributed by atoms with van der Waals surface area (Å²) in [5.41, 5.74) is 2.19. The van der Waals surface area contributed by atoms with E-state index in [0.717, 1.165) is 36.4 Å². The molecule has 0 radical (unpaired) electrons. The van der Waals surface area contributed by atoms with Gasteiger partial charge in [-0.25, -0.2) is 17.5 Å². The molecule has 158 valence electrons. The molecule has 1 aromatic carbocycles. The lowest BCUT2D eigenvalue weighted by Gasteiger charge is -2.12. The summed E-state index contributed by atoms with van der Waals surface area (Å²) < 4.78 is 46.8. The van der Waals surface area contributed by atoms with Gasteiger partial charge in [-0.3, -0.25) is 10.2 Å². The van der Waals surface area contributed by atoms with Crippen molar-refractivity contribution in [3.8, 4) is 5.75 Å². The fourth-order valence-electron chi connectivity index (χ4n) is 4.08. The van der Waals surface area contributed by atoms with Crippen LogP contribution in [0.4, 0.5) is 15.9 Å². The molecule has 2 atom stereocenters. The highest BCUT2D eigenvalue weighted by molar-refractivity contribution is 7.89. The van der Waals surface area contributed by atoms with Gasteiger partial charge in [-0.2, -0.15) is 10.2 Å². The van der Waals surface area contributed by atoms with Gasteiger partial charge >= 0.3 is 0 Å². The molecule has 0 spiro atoms. The molecule has 1 aliphatic heterocycles. The second-order valence-corrected chi connectivity index (χ2v) is 9.41. The molecule has 9 nitrogen and oxygen atoms in total. The summed E-state index contributed by atoms with van der Waals surface area (Å²) in [6.45, 7) is 1.87. The van der Waals surface area contributed by atoms with Crippen molar-refractivity contribution < 1.29 is 17.5 Å². The standard InChI is InChI=1S/C19H21FN6O3S/c1-10-16(9-21-24-10)29-12-3-2-11(6-12)15-7-18(26-25-15)23-14-4-5-17-13(19(14)20)8-22-30(17,27)28/h4-5,7,9,11-12,22H,2-3,6,8H2,1H3,(H,21,24)(H2,23,25,26)/t11-,12+/m0/s1. The van der Waals surface area contributed by atoms with Crippen LogP contribution in [0.3, 0.4) is 0 Å². The molecule has 0 bridgehead atoms. The Hall–Kier alpha value is -2.92. The van der Waals surface area contributed by atoms with Crippen molar-refractivity contribution in [2.75, 3.05) is 5.32 Å². The molecule has 11 heteroatoms. The number of aryl methyl sites for hydroxylation is 1. The van der Waals surface area contributed by atoms with Gasteiger partial charge in [0.25, 0.3) is 0 Å². The average molecular weight is 432 g/mol. The zero-order chi connectivity index (χ0) is 20.9. The van der Waals surface area contributed by atoms with Crippen LogP contribution in [-0.2, 0) is 16.6 Å². The number of aromatic amines is 2. The van der Waals surface area contributed by atoms with E-state index in [9.17, 15) is 12.8 Å². The zero-order valence-electron chi connectivity index (χ0n) is 16.2. The highest BCUT2D eigenvalue weighted by Gasteiger charge is 2.31. The number of fused-ring (bicyclic) bond motifs is 1. The predicted molar refractivity (Wildman–Crippen MR) is 107 cm³/mol. The first-order valence-electron chi connectivity index (χ1n) is 9.70. The third kappa shape index (κ3) is 3.33. The maximum atomic E-state index is 14.7. The molecule has 0 saturated heterocycles. The van der Waals surface area contributed by atoms with Crippen LogP contribution < -0.4 is 14.8 Å². The van der Waals surface area contributed by atoms with Crippen LogP contribution in [-0.4, -0.2) is 34.9 Å². The van der Waals surface area contributed by atoms with Crippen molar-refractivity contribution in [1.82, 2.24) is 25.1 Å². The number of anilines is 2. The molecular weight excluding hydrogens is 411 g/mol. The molecular formula is C19H21FN6O3S. The van der Waals surface area contributed by atoms with E-state index < -0.39 is 15.8 Å². The lowest BCUT2D eigenvalue weighted by atomic mass is 10.0.